The second-order valence-electron chi connectivity index (χ2n) is 6.27. The number of imide groups is 1. The fraction of sp³-hybridized carbons (Fsp3) is 0.200. The highest BCUT2D eigenvalue weighted by molar-refractivity contribution is 8.18. The maximum atomic E-state index is 12.6. The smallest absolute Gasteiger partial charge is 0.293 e. The van der Waals surface area contributed by atoms with E-state index in [-0.39, 0.29) is 29.3 Å². The monoisotopic (exact) mass is 398 g/mol. The van der Waals surface area contributed by atoms with Gasteiger partial charge in [-0.15, -0.1) is 0 Å². The zero-order valence-corrected chi connectivity index (χ0v) is 16.2. The molecule has 0 aliphatic carbocycles. The third kappa shape index (κ3) is 4.23. The van der Waals surface area contributed by atoms with Gasteiger partial charge in [0.25, 0.3) is 16.8 Å². The van der Waals surface area contributed by atoms with E-state index in [1.807, 2.05) is 32.0 Å². The number of para-hydroxylation sites is 1. The van der Waals surface area contributed by atoms with Crippen LogP contribution in [0.15, 0.2) is 47.4 Å². The zero-order valence-electron chi connectivity index (χ0n) is 15.4. The lowest BCUT2D eigenvalue weighted by atomic mass is 10.1. The van der Waals surface area contributed by atoms with Crippen molar-refractivity contribution in [3.05, 3.63) is 74.2 Å². The van der Waals surface area contributed by atoms with Crippen LogP contribution in [0.1, 0.15) is 16.7 Å². The molecule has 0 saturated carbocycles. The van der Waals surface area contributed by atoms with Crippen molar-refractivity contribution in [1.82, 2.24) is 4.90 Å². The van der Waals surface area contributed by atoms with E-state index in [9.17, 15) is 19.7 Å². The summed E-state index contributed by atoms with van der Waals surface area (Å²) >= 11 is 0.769. The van der Waals surface area contributed by atoms with Gasteiger partial charge in [0.2, 0.25) is 0 Å². The minimum atomic E-state index is -0.520. The molecule has 3 rings (SSSR count). The summed E-state index contributed by atoms with van der Waals surface area (Å²) < 4.78 is 5.72. The third-order valence-electron chi connectivity index (χ3n) is 4.21. The van der Waals surface area contributed by atoms with E-state index in [0.29, 0.717) is 5.75 Å². The number of rotatable bonds is 6. The van der Waals surface area contributed by atoms with Crippen LogP contribution in [0.5, 0.6) is 5.75 Å². The van der Waals surface area contributed by atoms with Gasteiger partial charge in [-0.05, 0) is 54.9 Å². The van der Waals surface area contributed by atoms with Crippen LogP contribution in [0.25, 0.3) is 6.08 Å². The van der Waals surface area contributed by atoms with Crippen molar-refractivity contribution in [1.29, 1.82) is 0 Å². The molecule has 1 saturated heterocycles. The topological polar surface area (TPSA) is 89.8 Å². The van der Waals surface area contributed by atoms with Crippen molar-refractivity contribution >= 4 is 34.7 Å². The molecule has 28 heavy (non-hydrogen) atoms. The first-order valence-corrected chi connectivity index (χ1v) is 9.37. The Balaban J connectivity index is 1.70. The molecule has 0 aromatic heterocycles. The van der Waals surface area contributed by atoms with E-state index in [1.54, 1.807) is 12.1 Å². The van der Waals surface area contributed by atoms with Gasteiger partial charge < -0.3 is 4.74 Å². The van der Waals surface area contributed by atoms with Crippen molar-refractivity contribution in [2.75, 3.05) is 13.2 Å². The molecule has 2 aromatic carbocycles. The Hall–Kier alpha value is -3.13. The van der Waals surface area contributed by atoms with Crippen molar-refractivity contribution in [3.8, 4) is 5.75 Å². The van der Waals surface area contributed by atoms with E-state index in [4.69, 9.17) is 4.74 Å². The van der Waals surface area contributed by atoms with Gasteiger partial charge in [-0.2, -0.15) is 0 Å². The Bertz CT molecular complexity index is 986. The molecule has 1 aliphatic rings. The molecule has 144 valence electrons. The number of nitro groups is 1. The Morgan fingerprint density at radius 2 is 1.93 bits per heavy atom. The molecule has 0 unspecified atom stereocenters. The van der Waals surface area contributed by atoms with Crippen LogP contribution >= 0.6 is 11.8 Å². The number of aryl methyl sites for hydroxylation is 2. The lowest BCUT2D eigenvalue weighted by molar-refractivity contribution is -0.385. The highest BCUT2D eigenvalue weighted by Gasteiger charge is 2.35. The first-order chi connectivity index (χ1) is 13.4. The van der Waals surface area contributed by atoms with E-state index in [0.717, 1.165) is 27.8 Å². The highest BCUT2D eigenvalue weighted by Crippen LogP contribution is 2.33. The molecule has 8 heteroatoms. The first kappa shape index (κ1) is 19.6. The Morgan fingerprint density at radius 1 is 1.18 bits per heavy atom. The molecular formula is C20H18N2O5S. The number of benzene rings is 2. The normalized spacial score (nSPS) is 15.4. The van der Waals surface area contributed by atoms with Gasteiger partial charge >= 0.3 is 0 Å². The second kappa shape index (κ2) is 8.26. The number of carbonyl (C=O) groups is 2. The standard InChI is InChI=1S/C20H18N2O5S/c1-13-7-8-14(2)17(11-13)27-10-9-21-19(23)18(28-20(21)24)12-15-5-3-4-6-16(15)22(25)26/h3-8,11-12H,9-10H2,1-2H3/b18-12-. The van der Waals surface area contributed by atoms with Crippen molar-refractivity contribution in [2.45, 2.75) is 13.8 Å². The zero-order chi connectivity index (χ0) is 20.3. The van der Waals surface area contributed by atoms with Crippen molar-refractivity contribution in [2.24, 2.45) is 0 Å². The number of thioether (sulfide) groups is 1. The van der Waals surface area contributed by atoms with Crippen LogP contribution < -0.4 is 4.74 Å². The second-order valence-corrected chi connectivity index (χ2v) is 7.26. The summed E-state index contributed by atoms with van der Waals surface area (Å²) in [7, 11) is 0. The van der Waals surface area contributed by atoms with Gasteiger partial charge in [0.05, 0.1) is 21.9 Å². The SMILES string of the molecule is Cc1ccc(C)c(OCCN2C(=O)S/C(=C\c3ccccc3[N+](=O)[O-])C2=O)c1. The summed E-state index contributed by atoms with van der Waals surface area (Å²) in [6.45, 7) is 4.15. The number of amides is 2. The van der Waals surface area contributed by atoms with Crippen LogP contribution in [-0.4, -0.2) is 34.1 Å². The minimum absolute atomic E-state index is 0.103. The molecule has 1 aliphatic heterocycles. The average Bonchev–Trinajstić information content (AvgIpc) is 2.92. The highest BCUT2D eigenvalue weighted by atomic mass is 32.2. The van der Waals surface area contributed by atoms with Gasteiger partial charge in [-0.1, -0.05) is 24.3 Å². The van der Waals surface area contributed by atoms with E-state index < -0.39 is 16.1 Å². The molecule has 0 N–H and O–H groups in total. The predicted octanol–water partition coefficient (Wildman–Crippen LogP) is 4.33. The van der Waals surface area contributed by atoms with Gasteiger partial charge in [0.1, 0.15) is 12.4 Å². The van der Waals surface area contributed by atoms with Crippen LogP contribution in [0, 0.1) is 24.0 Å². The fourth-order valence-electron chi connectivity index (χ4n) is 2.72. The van der Waals surface area contributed by atoms with Crippen LogP contribution in [0.3, 0.4) is 0 Å². The largest absolute Gasteiger partial charge is 0.491 e. The number of hydrogen-bond acceptors (Lipinski definition) is 6. The third-order valence-corrected chi connectivity index (χ3v) is 5.12. The molecule has 0 atom stereocenters. The molecule has 7 nitrogen and oxygen atoms in total. The summed E-state index contributed by atoms with van der Waals surface area (Å²) in [5, 5.41) is 10.7. The lowest BCUT2D eigenvalue weighted by Crippen LogP contribution is -2.32. The molecular weight excluding hydrogens is 380 g/mol. The molecule has 1 heterocycles. The van der Waals surface area contributed by atoms with Crippen LogP contribution in [0.2, 0.25) is 0 Å². The van der Waals surface area contributed by atoms with Crippen LogP contribution in [0.4, 0.5) is 10.5 Å². The maximum absolute atomic E-state index is 12.6. The number of nitrogens with zero attached hydrogens (tertiary/aromatic N) is 2. The van der Waals surface area contributed by atoms with E-state index >= 15 is 0 Å². The molecule has 0 bridgehead atoms. The molecule has 1 fully saturated rings. The Kier molecular flexibility index (Phi) is 5.79. The van der Waals surface area contributed by atoms with Gasteiger partial charge in [-0.25, -0.2) is 0 Å². The number of hydrogen-bond donors (Lipinski definition) is 0. The number of ether oxygens (including phenoxy) is 1. The summed E-state index contributed by atoms with van der Waals surface area (Å²) in [5.41, 5.74) is 2.19. The maximum Gasteiger partial charge on any atom is 0.293 e. The molecule has 2 amide bonds. The molecule has 2 aromatic rings. The number of carbonyl (C=O) groups excluding carboxylic acids is 2. The minimum Gasteiger partial charge on any atom is -0.491 e. The lowest BCUT2D eigenvalue weighted by Gasteiger charge is -2.14. The van der Waals surface area contributed by atoms with Crippen molar-refractivity contribution < 1.29 is 19.2 Å². The van der Waals surface area contributed by atoms with E-state index in [2.05, 4.69) is 0 Å². The number of nitro benzene ring substituents is 1. The van der Waals surface area contributed by atoms with Gasteiger partial charge in [-0.3, -0.25) is 24.6 Å². The Morgan fingerprint density at radius 3 is 2.68 bits per heavy atom. The van der Waals surface area contributed by atoms with Crippen LogP contribution in [-0.2, 0) is 4.79 Å². The fourth-order valence-corrected chi connectivity index (χ4v) is 3.58. The predicted molar refractivity (Wildman–Crippen MR) is 107 cm³/mol. The summed E-state index contributed by atoms with van der Waals surface area (Å²) in [6, 6.07) is 11.9. The first-order valence-electron chi connectivity index (χ1n) is 8.55. The Labute approximate surface area is 166 Å². The van der Waals surface area contributed by atoms with Crippen molar-refractivity contribution in [3.63, 3.8) is 0 Å². The summed E-state index contributed by atoms with van der Waals surface area (Å²) in [4.78, 5) is 36.6. The van der Waals surface area contributed by atoms with E-state index in [1.165, 1.54) is 18.2 Å². The van der Waals surface area contributed by atoms with Gasteiger partial charge in [0.15, 0.2) is 0 Å². The molecule has 0 radical (unpaired) electrons. The quantitative estimate of drug-likeness (QED) is 0.409. The average molecular weight is 398 g/mol. The molecule has 0 spiro atoms. The summed E-state index contributed by atoms with van der Waals surface area (Å²) in [5.74, 6) is 0.236. The van der Waals surface area contributed by atoms with Gasteiger partial charge in [0, 0.05) is 6.07 Å². The summed E-state index contributed by atoms with van der Waals surface area (Å²) in [6.07, 6.45) is 1.38.